The fourth-order valence-corrected chi connectivity index (χ4v) is 2.50. The van der Waals surface area contributed by atoms with Gasteiger partial charge < -0.3 is 10.5 Å². The molecule has 1 saturated carbocycles. The first kappa shape index (κ1) is 12.8. The lowest BCUT2D eigenvalue weighted by atomic mass is 9.85. The van der Waals surface area contributed by atoms with Crippen LogP contribution in [0.4, 0.5) is 5.82 Å². The Morgan fingerprint density at radius 3 is 2.83 bits per heavy atom. The van der Waals surface area contributed by atoms with E-state index >= 15 is 0 Å². The largest absolute Gasteiger partial charge is 0.457 e. The third-order valence-corrected chi connectivity index (χ3v) is 3.54. The van der Waals surface area contributed by atoms with Crippen LogP contribution in [0, 0.1) is 5.92 Å². The third kappa shape index (κ3) is 2.78. The maximum atomic E-state index is 12.0. The van der Waals surface area contributed by atoms with Crippen LogP contribution in [0.15, 0.2) is 12.4 Å². The van der Waals surface area contributed by atoms with Gasteiger partial charge in [-0.3, -0.25) is 0 Å². The molecule has 1 aliphatic rings. The number of aromatic nitrogens is 2. The van der Waals surface area contributed by atoms with Crippen LogP contribution in [-0.2, 0) is 4.74 Å². The van der Waals surface area contributed by atoms with Crippen molar-refractivity contribution in [2.75, 3.05) is 5.73 Å². The Labute approximate surface area is 107 Å². The van der Waals surface area contributed by atoms with E-state index in [1.54, 1.807) is 0 Å². The van der Waals surface area contributed by atoms with Gasteiger partial charge in [0.2, 0.25) is 0 Å². The number of esters is 1. The summed E-state index contributed by atoms with van der Waals surface area (Å²) < 4.78 is 5.54. The van der Waals surface area contributed by atoms with Crippen molar-refractivity contribution in [3.63, 3.8) is 0 Å². The fourth-order valence-electron chi connectivity index (χ4n) is 2.50. The van der Waals surface area contributed by atoms with Gasteiger partial charge in [-0.25, -0.2) is 14.8 Å². The predicted octanol–water partition coefficient (Wildman–Crippen LogP) is 2.18. The Morgan fingerprint density at radius 2 is 2.11 bits per heavy atom. The molecule has 2 rings (SSSR count). The van der Waals surface area contributed by atoms with Crippen molar-refractivity contribution in [3.05, 3.63) is 18.1 Å². The molecule has 1 fully saturated rings. The number of nitrogens with two attached hydrogens (primary N) is 1. The number of hydrogen-bond donors (Lipinski definition) is 1. The van der Waals surface area contributed by atoms with Gasteiger partial charge in [0, 0.05) is 12.4 Å². The summed E-state index contributed by atoms with van der Waals surface area (Å²) in [5, 5.41) is 0. The summed E-state index contributed by atoms with van der Waals surface area (Å²) in [4.78, 5) is 19.8. The smallest absolute Gasteiger partial charge is 0.361 e. The normalized spacial score (nSPS) is 23.6. The number of anilines is 1. The highest BCUT2D eigenvalue weighted by molar-refractivity contribution is 5.91. The van der Waals surface area contributed by atoms with E-state index in [9.17, 15) is 4.79 Å². The first-order chi connectivity index (χ1) is 8.72. The van der Waals surface area contributed by atoms with Gasteiger partial charge in [0.25, 0.3) is 0 Å². The van der Waals surface area contributed by atoms with E-state index in [0.29, 0.717) is 5.92 Å². The van der Waals surface area contributed by atoms with Crippen molar-refractivity contribution in [2.24, 2.45) is 5.92 Å². The van der Waals surface area contributed by atoms with Gasteiger partial charge in [-0.05, 0) is 31.6 Å². The van der Waals surface area contributed by atoms with Crippen molar-refractivity contribution in [2.45, 2.75) is 45.1 Å². The standard InChI is InChI=1S/C13H19N3O2/c1-2-9-5-3-4-6-10(9)18-13(17)11-12(14)16-8-7-15-11/h7-10H,2-6H2,1H3,(H2,14,16). The molecule has 18 heavy (non-hydrogen) atoms. The van der Waals surface area contributed by atoms with Crippen molar-refractivity contribution in [1.82, 2.24) is 9.97 Å². The maximum absolute atomic E-state index is 12.0. The summed E-state index contributed by atoms with van der Waals surface area (Å²) in [5.74, 6) is 0.137. The number of ether oxygens (including phenoxy) is 1. The van der Waals surface area contributed by atoms with E-state index < -0.39 is 5.97 Å². The van der Waals surface area contributed by atoms with Crippen LogP contribution in [0.2, 0.25) is 0 Å². The fraction of sp³-hybridized carbons (Fsp3) is 0.615. The second kappa shape index (κ2) is 5.80. The van der Waals surface area contributed by atoms with E-state index in [0.717, 1.165) is 25.7 Å². The molecule has 2 unspecified atom stereocenters. The molecule has 5 nitrogen and oxygen atoms in total. The van der Waals surface area contributed by atoms with E-state index in [1.165, 1.54) is 18.8 Å². The molecule has 98 valence electrons. The van der Waals surface area contributed by atoms with Gasteiger partial charge in [0.1, 0.15) is 6.10 Å². The SMILES string of the molecule is CCC1CCCCC1OC(=O)c1nccnc1N. The second-order valence-electron chi connectivity index (χ2n) is 4.69. The lowest BCUT2D eigenvalue weighted by molar-refractivity contribution is 0.000200. The van der Waals surface area contributed by atoms with E-state index in [1.807, 2.05) is 0 Å². The number of nitrogens with zero attached hydrogens (tertiary/aromatic N) is 2. The molecule has 0 saturated heterocycles. The summed E-state index contributed by atoms with van der Waals surface area (Å²) >= 11 is 0. The zero-order valence-electron chi connectivity index (χ0n) is 10.6. The average Bonchev–Trinajstić information content (AvgIpc) is 2.39. The van der Waals surface area contributed by atoms with Crippen molar-refractivity contribution in [1.29, 1.82) is 0 Å². The predicted molar refractivity (Wildman–Crippen MR) is 67.9 cm³/mol. The van der Waals surface area contributed by atoms with Crippen molar-refractivity contribution < 1.29 is 9.53 Å². The summed E-state index contributed by atoms with van der Waals surface area (Å²) in [5.41, 5.74) is 5.74. The molecule has 1 aliphatic carbocycles. The Hall–Kier alpha value is -1.65. The quantitative estimate of drug-likeness (QED) is 0.831. The molecule has 0 radical (unpaired) electrons. The highest BCUT2D eigenvalue weighted by Crippen LogP contribution is 2.29. The summed E-state index contributed by atoms with van der Waals surface area (Å²) in [6.45, 7) is 2.13. The zero-order valence-corrected chi connectivity index (χ0v) is 10.6. The van der Waals surface area contributed by atoms with Gasteiger partial charge in [0.15, 0.2) is 11.5 Å². The van der Waals surface area contributed by atoms with Crippen LogP contribution in [-0.4, -0.2) is 22.0 Å². The average molecular weight is 249 g/mol. The number of carbonyl (C=O) groups is 1. The topological polar surface area (TPSA) is 78.1 Å². The molecule has 5 heteroatoms. The number of carbonyl (C=O) groups excluding carboxylic acids is 1. The molecule has 0 spiro atoms. The molecular formula is C13H19N3O2. The first-order valence-corrected chi connectivity index (χ1v) is 6.49. The van der Waals surface area contributed by atoms with Crippen molar-refractivity contribution in [3.8, 4) is 0 Å². The zero-order chi connectivity index (χ0) is 13.0. The monoisotopic (exact) mass is 249 g/mol. The third-order valence-electron chi connectivity index (χ3n) is 3.54. The summed E-state index contributed by atoms with van der Waals surface area (Å²) in [7, 11) is 0. The van der Waals surface area contributed by atoms with Gasteiger partial charge in [0.05, 0.1) is 0 Å². The lowest BCUT2D eigenvalue weighted by Gasteiger charge is -2.30. The Bertz CT molecular complexity index is 422. The molecule has 0 aliphatic heterocycles. The summed E-state index contributed by atoms with van der Waals surface area (Å²) in [6.07, 6.45) is 8.34. The van der Waals surface area contributed by atoms with Crippen LogP contribution >= 0.6 is 0 Å². The Kier molecular flexibility index (Phi) is 4.12. The van der Waals surface area contributed by atoms with E-state index in [4.69, 9.17) is 10.5 Å². The van der Waals surface area contributed by atoms with Crippen molar-refractivity contribution >= 4 is 11.8 Å². The maximum Gasteiger partial charge on any atom is 0.361 e. The van der Waals surface area contributed by atoms with Gasteiger partial charge >= 0.3 is 5.97 Å². The van der Waals surface area contributed by atoms with Gasteiger partial charge in [-0.15, -0.1) is 0 Å². The van der Waals surface area contributed by atoms with Gasteiger partial charge in [-0.1, -0.05) is 13.3 Å². The molecule has 2 N–H and O–H groups in total. The van der Waals surface area contributed by atoms with Crippen LogP contribution < -0.4 is 5.73 Å². The Balaban J connectivity index is 2.04. The summed E-state index contributed by atoms with van der Waals surface area (Å²) in [6, 6.07) is 0. The molecule has 1 aromatic heterocycles. The highest BCUT2D eigenvalue weighted by atomic mass is 16.5. The van der Waals surface area contributed by atoms with Crippen LogP contribution in [0.5, 0.6) is 0 Å². The minimum absolute atomic E-state index is 0.00217. The second-order valence-corrected chi connectivity index (χ2v) is 4.69. The molecule has 0 aromatic carbocycles. The number of hydrogen-bond acceptors (Lipinski definition) is 5. The molecular weight excluding hydrogens is 230 g/mol. The minimum Gasteiger partial charge on any atom is -0.457 e. The molecule has 0 bridgehead atoms. The van der Waals surface area contributed by atoms with Crippen LogP contribution in [0.3, 0.4) is 0 Å². The molecule has 1 aromatic rings. The van der Waals surface area contributed by atoms with Crippen LogP contribution in [0.25, 0.3) is 0 Å². The lowest BCUT2D eigenvalue weighted by Crippen LogP contribution is -2.30. The Morgan fingerprint density at radius 1 is 1.39 bits per heavy atom. The van der Waals surface area contributed by atoms with Gasteiger partial charge in [-0.2, -0.15) is 0 Å². The molecule has 1 heterocycles. The first-order valence-electron chi connectivity index (χ1n) is 6.49. The molecule has 0 amide bonds. The number of rotatable bonds is 3. The highest BCUT2D eigenvalue weighted by Gasteiger charge is 2.28. The minimum atomic E-state index is -0.453. The molecule has 2 atom stereocenters. The van der Waals surface area contributed by atoms with E-state index in [2.05, 4.69) is 16.9 Å². The number of nitrogen functional groups attached to an aromatic ring is 1. The van der Waals surface area contributed by atoms with Crippen LogP contribution in [0.1, 0.15) is 49.5 Å². The van der Waals surface area contributed by atoms with E-state index in [-0.39, 0.29) is 17.6 Å².